The van der Waals surface area contributed by atoms with Crippen molar-refractivity contribution in [3.8, 4) is 11.3 Å². The number of hydrogen-bond donors (Lipinski definition) is 2. The second kappa shape index (κ2) is 9.23. The Bertz CT molecular complexity index is 1160. The molecule has 0 unspecified atom stereocenters. The fourth-order valence-corrected chi connectivity index (χ4v) is 4.70. The van der Waals surface area contributed by atoms with E-state index in [1.54, 1.807) is 0 Å². The summed E-state index contributed by atoms with van der Waals surface area (Å²) in [6.07, 6.45) is -0.306. The third-order valence-corrected chi connectivity index (χ3v) is 6.85. The monoisotopic (exact) mass is 503 g/mol. The second-order valence-corrected chi connectivity index (χ2v) is 10.7. The van der Waals surface area contributed by atoms with E-state index < -0.39 is 63.5 Å². The first-order chi connectivity index (χ1) is 15.6. The number of carbonyl (C=O) groups is 1. The van der Waals surface area contributed by atoms with Gasteiger partial charge in [0.1, 0.15) is 23.3 Å². The predicted octanol–water partition coefficient (Wildman–Crippen LogP) is 2.49. The lowest BCUT2D eigenvalue weighted by Gasteiger charge is -2.31. The largest absolute Gasteiger partial charge is 0.381 e. The van der Waals surface area contributed by atoms with Crippen molar-refractivity contribution >= 4 is 15.9 Å². The Balaban J connectivity index is 2.02. The smallest absolute Gasteiger partial charge is 0.283 e. The molecule has 2 aromatic rings. The van der Waals surface area contributed by atoms with Gasteiger partial charge >= 0.3 is 0 Å². The van der Waals surface area contributed by atoms with E-state index in [0.29, 0.717) is 6.07 Å². The summed E-state index contributed by atoms with van der Waals surface area (Å²) in [4.78, 5) is 17.8. The van der Waals surface area contributed by atoms with Crippen LogP contribution >= 0.6 is 0 Å². The molecule has 0 spiro atoms. The van der Waals surface area contributed by atoms with Crippen LogP contribution in [-0.4, -0.2) is 65.2 Å². The maximum absolute atomic E-state index is 15.0. The van der Waals surface area contributed by atoms with Gasteiger partial charge in [0.05, 0.1) is 24.0 Å². The summed E-state index contributed by atoms with van der Waals surface area (Å²) in [6.45, 7) is 2.47. The molecule has 3 rings (SSSR count). The van der Waals surface area contributed by atoms with E-state index in [9.17, 15) is 35.9 Å². The molecule has 1 aliphatic heterocycles. The standard InChI is InChI=1S/C22H25F4N3O4S/c1-4-34(32,33)28-19-18(29(12-22(19,25)26)20(30)21(2,3)31)11-16-6-5-7-17(27-16)13-8-14(23)10-15(24)9-13/h5-10,18-19,28,31H,4,11-12H2,1-3H3/t18-,19+/m0/s1. The Morgan fingerprint density at radius 1 is 1.24 bits per heavy atom. The fraction of sp³-hybridized carbons (Fsp3) is 0.455. The van der Waals surface area contributed by atoms with Gasteiger partial charge < -0.3 is 10.0 Å². The number of halogens is 4. The van der Waals surface area contributed by atoms with Crippen molar-refractivity contribution in [2.24, 2.45) is 0 Å². The van der Waals surface area contributed by atoms with Gasteiger partial charge in [0.25, 0.3) is 11.8 Å². The number of aliphatic hydroxyl groups is 1. The summed E-state index contributed by atoms with van der Waals surface area (Å²) in [7, 11) is -4.08. The van der Waals surface area contributed by atoms with Crippen molar-refractivity contribution in [3.63, 3.8) is 0 Å². The zero-order valence-electron chi connectivity index (χ0n) is 18.7. The summed E-state index contributed by atoms with van der Waals surface area (Å²) in [5, 5.41) is 10.1. The minimum Gasteiger partial charge on any atom is -0.381 e. The number of amides is 1. The number of hydrogen-bond acceptors (Lipinski definition) is 5. The summed E-state index contributed by atoms with van der Waals surface area (Å²) < 4.78 is 83.4. The van der Waals surface area contributed by atoms with Crippen LogP contribution in [0.2, 0.25) is 0 Å². The van der Waals surface area contributed by atoms with E-state index in [0.717, 1.165) is 30.9 Å². The molecule has 34 heavy (non-hydrogen) atoms. The normalized spacial score (nSPS) is 20.5. The van der Waals surface area contributed by atoms with Crippen LogP contribution in [0.3, 0.4) is 0 Å². The van der Waals surface area contributed by atoms with Crippen LogP contribution in [0.15, 0.2) is 36.4 Å². The lowest BCUT2D eigenvalue weighted by Crippen LogP contribution is -2.54. The van der Waals surface area contributed by atoms with Crippen LogP contribution in [-0.2, 0) is 21.2 Å². The first-order valence-electron chi connectivity index (χ1n) is 10.5. The molecule has 186 valence electrons. The highest BCUT2D eigenvalue weighted by atomic mass is 32.2. The highest BCUT2D eigenvalue weighted by Crippen LogP contribution is 2.36. The van der Waals surface area contributed by atoms with E-state index in [1.165, 1.54) is 25.1 Å². The number of nitrogens with one attached hydrogen (secondary N) is 1. The van der Waals surface area contributed by atoms with Crippen LogP contribution in [0.4, 0.5) is 17.6 Å². The molecule has 0 bridgehead atoms. The van der Waals surface area contributed by atoms with Crippen molar-refractivity contribution in [1.82, 2.24) is 14.6 Å². The van der Waals surface area contributed by atoms with Gasteiger partial charge in [-0.05, 0) is 45.0 Å². The van der Waals surface area contributed by atoms with Gasteiger partial charge in [-0.25, -0.2) is 30.7 Å². The fourth-order valence-electron chi connectivity index (χ4n) is 3.82. The third kappa shape index (κ3) is 5.73. The molecule has 1 aromatic carbocycles. The molecule has 1 aromatic heterocycles. The third-order valence-electron chi connectivity index (χ3n) is 5.48. The molecule has 1 amide bonds. The number of nitrogens with zero attached hydrogens (tertiary/aromatic N) is 2. The predicted molar refractivity (Wildman–Crippen MR) is 116 cm³/mol. The zero-order valence-corrected chi connectivity index (χ0v) is 19.5. The zero-order chi connectivity index (χ0) is 25.5. The number of likely N-dealkylation sites (tertiary alicyclic amines) is 1. The Kier molecular flexibility index (Phi) is 7.07. The van der Waals surface area contributed by atoms with Crippen molar-refractivity contribution in [1.29, 1.82) is 0 Å². The molecule has 1 saturated heterocycles. The summed E-state index contributed by atoms with van der Waals surface area (Å²) in [5.41, 5.74) is -1.53. The van der Waals surface area contributed by atoms with Crippen LogP contribution in [0.25, 0.3) is 11.3 Å². The van der Waals surface area contributed by atoms with Gasteiger partial charge in [0, 0.05) is 23.7 Å². The minimum absolute atomic E-state index is 0.115. The number of alkyl halides is 2. The lowest BCUT2D eigenvalue weighted by atomic mass is 10.00. The summed E-state index contributed by atoms with van der Waals surface area (Å²) in [6, 6.07) is 3.89. The lowest BCUT2D eigenvalue weighted by molar-refractivity contribution is -0.149. The quantitative estimate of drug-likeness (QED) is 0.566. The van der Waals surface area contributed by atoms with Crippen LogP contribution < -0.4 is 4.72 Å². The van der Waals surface area contributed by atoms with Crippen molar-refractivity contribution in [2.45, 2.75) is 50.8 Å². The van der Waals surface area contributed by atoms with E-state index in [4.69, 9.17) is 0 Å². The first-order valence-corrected chi connectivity index (χ1v) is 12.1. The van der Waals surface area contributed by atoms with Gasteiger partial charge in [0.2, 0.25) is 10.0 Å². The second-order valence-electron chi connectivity index (χ2n) is 8.70. The number of aromatic nitrogens is 1. The van der Waals surface area contributed by atoms with Crippen LogP contribution in [0, 0.1) is 11.6 Å². The average Bonchev–Trinajstić information content (AvgIpc) is 2.96. The highest BCUT2D eigenvalue weighted by Gasteiger charge is 2.58. The molecule has 7 nitrogen and oxygen atoms in total. The molecule has 0 aliphatic carbocycles. The number of carbonyl (C=O) groups excluding carboxylic acids is 1. The first kappa shape index (κ1) is 26.0. The Labute approximate surface area is 194 Å². The number of rotatable bonds is 7. The van der Waals surface area contributed by atoms with Gasteiger partial charge in [0.15, 0.2) is 0 Å². The number of benzene rings is 1. The molecular formula is C22H25F4N3O4S. The van der Waals surface area contributed by atoms with Gasteiger partial charge in [-0.2, -0.15) is 0 Å². The molecule has 2 heterocycles. The SMILES string of the molecule is CCS(=O)(=O)N[C@@H]1[C@H](Cc2cccc(-c3cc(F)cc(F)c3)n2)N(C(=O)C(C)(C)O)CC1(F)F. The molecular weight excluding hydrogens is 478 g/mol. The number of pyridine rings is 1. The van der Waals surface area contributed by atoms with Gasteiger partial charge in [-0.1, -0.05) is 6.07 Å². The summed E-state index contributed by atoms with van der Waals surface area (Å²) in [5.74, 6) is -6.73. The molecule has 0 radical (unpaired) electrons. The molecule has 0 saturated carbocycles. The van der Waals surface area contributed by atoms with Gasteiger partial charge in [-0.3, -0.25) is 9.78 Å². The van der Waals surface area contributed by atoms with Gasteiger partial charge in [-0.15, -0.1) is 0 Å². The maximum atomic E-state index is 15.0. The molecule has 1 aliphatic rings. The minimum atomic E-state index is -4.08. The molecule has 12 heteroatoms. The van der Waals surface area contributed by atoms with Crippen molar-refractivity contribution in [3.05, 3.63) is 53.7 Å². The molecule has 1 fully saturated rings. The molecule has 2 N–H and O–H groups in total. The van der Waals surface area contributed by atoms with Crippen LogP contribution in [0.5, 0.6) is 0 Å². The average molecular weight is 504 g/mol. The van der Waals surface area contributed by atoms with E-state index in [1.807, 2.05) is 4.72 Å². The van der Waals surface area contributed by atoms with E-state index in [2.05, 4.69) is 4.98 Å². The topological polar surface area (TPSA) is 99.6 Å². The number of sulfonamides is 1. The Morgan fingerprint density at radius 3 is 2.41 bits per heavy atom. The van der Waals surface area contributed by atoms with Crippen molar-refractivity contribution in [2.75, 3.05) is 12.3 Å². The maximum Gasteiger partial charge on any atom is 0.283 e. The summed E-state index contributed by atoms with van der Waals surface area (Å²) >= 11 is 0. The highest BCUT2D eigenvalue weighted by molar-refractivity contribution is 7.89. The Morgan fingerprint density at radius 2 is 1.85 bits per heavy atom. The van der Waals surface area contributed by atoms with Crippen molar-refractivity contribution < 1.29 is 35.9 Å². The van der Waals surface area contributed by atoms with E-state index >= 15 is 0 Å². The van der Waals surface area contributed by atoms with Crippen LogP contribution in [0.1, 0.15) is 26.5 Å². The molecule has 2 atom stereocenters. The Hall–Kier alpha value is -2.57. The van der Waals surface area contributed by atoms with E-state index in [-0.39, 0.29) is 23.4 Å².